The average molecular weight is 230 g/mol. The molecule has 2 rings (SSSR count). The van der Waals surface area contributed by atoms with Gasteiger partial charge in [-0.1, -0.05) is 0 Å². The molecule has 0 aliphatic carbocycles. The Morgan fingerprint density at radius 2 is 2.24 bits per heavy atom. The largest absolute Gasteiger partial charge is 0.437 e. The molecular formula is C12H14N4O. The third-order valence-electron chi connectivity index (χ3n) is 2.02. The smallest absolute Gasteiger partial charge is 0.226 e. The van der Waals surface area contributed by atoms with E-state index in [1.807, 2.05) is 26.0 Å². The molecule has 5 nitrogen and oxygen atoms in total. The molecule has 0 amide bonds. The highest BCUT2D eigenvalue weighted by atomic mass is 16.5. The van der Waals surface area contributed by atoms with Gasteiger partial charge in [0.1, 0.15) is 5.75 Å². The lowest BCUT2D eigenvalue weighted by atomic mass is 10.4. The van der Waals surface area contributed by atoms with Gasteiger partial charge in [-0.05, 0) is 26.0 Å². The second-order valence-electron chi connectivity index (χ2n) is 3.49. The van der Waals surface area contributed by atoms with E-state index >= 15 is 0 Å². The van der Waals surface area contributed by atoms with Crippen LogP contribution in [0.15, 0.2) is 30.6 Å². The van der Waals surface area contributed by atoms with Crippen molar-refractivity contribution < 1.29 is 4.74 Å². The number of pyridine rings is 1. The molecule has 0 radical (unpaired) electrons. The maximum absolute atomic E-state index is 5.59. The Morgan fingerprint density at radius 1 is 1.35 bits per heavy atom. The van der Waals surface area contributed by atoms with Crippen molar-refractivity contribution in [2.24, 2.45) is 0 Å². The van der Waals surface area contributed by atoms with Gasteiger partial charge in [0, 0.05) is 24.5 Å². The summed E-state index contributed by atoms with van der Waals surface area (Å²) in [6, 6.07) is 5.43. The zero-order chi connectivity index (χ0) is 12.1. The van der Waals surface area contributed by atoms with Gasteiger partial charge in [-0.25, -0.2) is 4.98 Å². The number of aromatic nitrogens is 3. The van der Waals surface area contributed by atoms with E-state index in [0.29, 0.717) is 17.6 Å². The molecular weight excluding hydrogens is 216 g/mol. The summed E-state index contributed by atoms with van der Waals surface area (Å²) in [5.74, 6) is 1.75. The number of nitrogens with zero attached hydrogens (tertiary/aromatic N) is 3. The number of hydrogen-bond donors (Lipinski definition) is 1. The van der Waals surface area contributed by atoms with Gasteiger partial charge in [-0.15, -0.1) is 0 Å². The van der Waals surface area contributed by atoms with Crippen molar-refractivity contribution in [3.05, 3.63) is 36.3 Å². The molecule has 0 bridgehead atoms. The molecule has 0 saturated heterocycles. The molecule has 2 heterocycles. The summed E-state index contributed by atoms with van der Waals surface area (Å²) in [6.07, 6.45) is 3.34. The Morgan fingerprint density at radius 3 is 2.94 bits per heavy atom. The van der Waals surface area contributed by atoms with E-state index in [-0.39, 0.29) is 0 Å². The molecule has 2 aromatic rings. The van der Waals surface area contributed by atoms with Crippen LogP contribution in [-0.4, -0.2) is 21.5 Å². The van der Waals surface area contributed by atoms with Gasteiger partial charge in [0.05, 0.1) is 6.20 Å². The third kappa shape index (κ3) is 3.14. The molecule has 0 unspecified atom stereocenters. The Balaban J connectivity index is 2.21. The average Bonchev–Trinajstić information content (AvgIpc) is 2.30. The first-order valence-corrected chi connectivity index (χ1v) is 5.45. The fraction of sp³-hybridized carbons (Fsp3) is 0.250. The van der Waals surface area contributed by atoms with Crippen molar-refractivity contribution in [2.75, 3.05) is 11.9 Å². The van der Waals surface area contributed by atoms with Crippen LogP contribution in [0.5, 0.6) is 11.6 Å². The lowest BCUT2D eigenvalue weighted by Crippen LogP contribution is -2.03. The number of aryl methyl sites for hydroxylation is 1. The minimum atomic E-state index is 0.515. The van der Waals surface area contributed by atoms with Crippen LogP contribution < -0.4 is 10.1 Å². The van der Waals surface area contributed by atoms with Crippen LogP contribution in [0.1, 0.15) is 12.6 Å². The maximum Gasteiger partial charge on any atom is 0.226 e. The molecule has 0 saturated carbocycles. The number of ether oxygens (including phenoxy) is 1. The summed E-state index contributed by atoms with van der Waals surface area (Å²) in [4.78, 5) is 12.5. The number of anilines is 1. The van der Waals surface area contributed by atoms with Gasteiger partial charge in [0.15, 0.2) is 0 Å². The van der Waals surface area contributed by atoms with Gasteiger partial charge in [0.25, 0.3) is 0 Å². The summed E-state index contributed by atoms with van der Waals surface area (Å²) < 4.78 is 5.59. The maximum atomic E-state index is 5.59. The number of nitrogens with one attached hydrogen (secondary N) is 1. The van der Waals surface area contributed by atoms with Crippen molar-refractivity contribution >= 4 is 5.95 Å². The Hall–Kier alpha value is -2.17. The van der Waals surface area contributed by atoms with Crippen LogP contribution >= 0.6 is 0 Å². The van der Waals surface area contributed by atoms with Crippen LogP contribution in [0.3, 0.4) is 0 Å². The first kappa shape index (κ1) is 11.3. The van der Waals surface area contributed by atoms with Crippen LogP contribution in [0, 0.1) is 6.92 Å². The Labute approximate surface area is 99.9 Å². The van der Waals surface area contributed by atoms with Crippen molar-refractivity contribution in [1.29, 1.82) is 0 Å². The number of rotatable bonds is 4. The van der Waals surface area contributed by atoms with Gasteiger partial charge in [0.2, 0.25) is 11.8 Å². The molecule has 0 aromatic carbocycles. The van der Waals surface area contributed by atoms with Gasteiger partial charge >= 0.3 is 0 Å². The summed E-state index contributed by atoms with van der Waals surface area (Å²) >= 11 is 0. The SMILES string of the molecule is CCNc1nc(C)cc(Oc2cccnc2)n1. The van der Waals surface area contributed by atoms with Gasteiger partial charge in [-0.3, -0.25) is 4.98 Å². The third-order valence-corrected chi connectivity index (χ3v) is 2.02. The van der Waals surface area contributed by atoms with Gasteiger partial charge < -0.3 is 10.1 Å². The van der Waals surface area contributed by atoms with Crippen LogP contribution in [0.4, 0.5) is 5.95 Å². The van der Waals surface area contributed by atoms with Crippen molar-refractivity contribution in [1.82, 2.24) is 15.0 Å². The highest BCUT2D eigenvalue weighted by Crippen LogP contribution is 2.19. The summed E-state index contributed by atoms with van der Waals surface area (Å²) in [5, 5.41) is 3.06. The second kappa shape index (κ2) is 5.25. The monoisotopic (exact) mass is 230 g/mol. The molecule has 88 valence electrons. The normalized spacial score (nSPS) is 10.0. The van der Waals surface area contributed by atoms with Crippen molar-refractivity contribution in [2.45, 2.75) is 13.8 Å². The highest BCUT2D eigenvalue weighted by molar-refractivity contribution is 5.32. The van der Waals surface area contributed by atoms with E-state index in [1.54, 1.807) is 18.5 Å². The lowest BCUT2D eigenvalue weighted by molar-refractivity contribution is 0.459. The van der Waals surface area contributed by atoms with E-state index < -0.39 is 0 Å². The molecule has 17 heavy (non-hydrogen) atoms. The van der Waals surface area contributed by atoms with E-state index in [2.05, 4.69) is 20.3 Å². The standard InChI is InChI=1S/C12H14N4O/c1-3-14-12-15-9(2)7-11(16-12)17-10-5-4-6-13-8-10/h4-8H,3H2,1-2H3,(H,14,15,16). The Bertz CT molecular complexity index is 487. The van der Waals surface area contributed by atoms with E-state index in [0.717, 1.165) is 12.2 Å². The second-order valence-corrected chi connectivity index (χ2v) is 3.49. The fourth-order valence-electron chi connectivity index (χ4n) is 1.36. The van der Waals surface area contributed by atoms with E-state index in [4.69, 9.17) is 4.74 Å². The number of hydrogen-bond acceptors (Lipinski definition) is 5. The summed E-state index contributed by atoms with van der Waals surface area (Å²) in [5.41, 5.74) is 0.856. The van der Waals surface area contributed by atoms with Crippen LogP contribution in [-0.2, 0) is 0 Å². The molecule has 0 aliphatic heterocycles. The zero-order valence-electron chi connectivity index (χ0n) is 9.84. The Kier molecular flexibility index (Phi) is 3.49. The predicted molar refractivity (Wildman–Crippen MR) is 65.2 cm³/mol. The van der Waals surface area contributed by atoms with E-state index in [1.165, 1.54) is 0 Å². The zero-order valence-corrected chi connectivity index (χ0v) is 9.84. The van der Waals surface area contributed by atoms with Crippen LogP contribution in [0.2, 0.25) is 0 Å². The lowest BCUT2D eigenvalue weighted by Gasteiger charge is -2.07. The molecule has 5 heteroatoms. The van der Waals surface area contributed by atoms with Crippen molar-refractivity contribution in [3.63, 3.8) is 0 Å². The molecule has 0 aliphatic rings. The highest BCUT2D eigenvalue weighted by Gasteiger charge is 2.03. The molecule has 0 spiro atoms. The minimum absolute atomic E-state index is 0.515. The first-order chi connectivity index (χ1) is 8.28. The van der Waals surface area contributed by atoms with E-state index in [9.17, 15) is 0 Å². The molecule has 0 fully saturated rings. The molecule has 1 N–H and O–H groups in total. The van der Waals surface area contributed by atoms with Crippen molar-refractivity contribution in [3.8, 4) is 11.6 Å². The van der Waals surface area contributed by atoms with Gasteiger partial charge in [-0.2, -0.15) is 4.98 Å². The molecule has 2 aromatic heterocycles. The predicted octanol–water partition coefficient (Wildman–Crippen LogP) is 2.40. The first-order valence-electron chi connectivity index (χ1n) is 5.45. The fourth-order valence-corrected chi connectivity index (χ4v) is 1.36. The van der Waals surface area contributed by atoms with Crippen LogP contribution in [0.25, 0.3) is 0 Å². The summed E-state index contributed by atoms with van der Waals surface area (Å²) in [6.45, 7) is 4.67. The minimum Gasteiger partial charge on any atom is -0.437 e. The molecule has 0 atom stereocenters. The topological polar surface area (TPSA) is 59.9 Å². The summed E-state index contributed by atoms with van der Waals surface area (Å²) in [7, 11) is 0. The quantitative estimate of drug-likeness (QED) is 0.873.